The molecule has 5 heteroatoms. The van der Waals surface area contributed by atoms with Crippen LogP contribution in [0.5, 0.6) is 0 Å². The van der Waals surface area contributed by atoms with Gasteiger partial charge in [0.25, 0.3) is 5.56 Å². The van der Waals surface area contributed by atoms with Crippen LogP contribution < -0.4 is 17.0 Å². The van der Waals surface area contributed by atoms with Crippen molar-refractivity contribution in [2.45, 2.75) is 26.1 Å². The average Bonchev–Trinajstić information content (AvgIpc) is 2.51. The van der Waals surface area contributed by atoms with Crippen LogP contribution in [0.1, 0.15) is 18.3 Å². The standard InChI is InChI=1S/C7H12N4O/c1-4-6(9)7(12)10-3-2-5(8)11(4)10/h5H,2-3,8-9H2,1H3. The van der Waals surface area contributed by atoms with Crippen LogP contribution in [0.15, 0.2) is 4.79 Å². The Labute approximate surface area is 69.5 Å². The molecule has 0 amide bonds. The van der Waals surface area contributed by atoms with Gasteiger partial charge in [0.1, 0.15) is 5.69 Å². The molecule has 1 unspecified atom stereocenters. The number of rotatable bonds is 0. The van der Waals surface area contributed by atoms with Crippen LogP contribution in [0.3, 0.4) is 0 Å². The fraction of sp³-hybridized carbons (Fsp3) is 0.571. The summed E-state index contributed by atoms with van der Waals surface area (Å²) in [6.07, 6.45) is 0.728. The first kappa shape index (κ1) is 7.42. The molecule has 0 saturated carbocycles. The molecule has 1 aromatic heterocycles. The zero-order valence-corrected chi connectivity index (χ0v) is 6.95. The summed E-state index contributed by atoms with van der Waals surface area (Å²) in [6, 6.07) is 0. The highest BCUT2D eigenvalue weighted by Gasteiger charge is 2.23. The topological polar surface area (TPSA) is 79.0 Å². The van der Waals surface area contributed by atoms with E-state index >= 15 is 0 Å². The molecule has 0 spiro atoms. The lowest BCUT2D eigenvalue weighted by molar-refractivity contribution is 0.491. The molecule has 12 heavy (non-hydrogen) atoms. The monoisotopic (exact) mass is 168 g/mol. The zero-order valence-electron chi connectivity index (χ0n) is 6.95. The van der Waals surface area contributed by atoms with E-state index in [2.05, 4.69) is 0 Å². The van der Waals surface area contributed by atoms with Gasteiger partial charge in [0.2, 0.25) is 0 Å². The Hall–Kier alpha value is -1.23. The van der Waals surface area contributed by atoms with Crippen molar-refractivity contribution in [1.82, 2.24) is 9.36 Å². The summed E-state index contributed by atoms with van der Waals surface area (Å²) in [6.45, 7) is 2.50. The normalized spacial score (nSPS) is 21.3. The molecule has 2 heterocycles. The Bertz CT molecular complexity index is 375. The number of hydrogen-bond acceptors (Lipinski definition) is 3. The maximum atomic E-state index is 11.4. The van der Waals surface area contributed by atoms with Crippen LogP contribution in [0.4, 0.5) is 5.69 Å². The van der Waals surface area contributed by atoms with Crippen molar-refractivity contribution in [2.24, 2.45) is 5.73 Å². The highest BCUT2D eigenvalue weighted by molar-refractivity contribution is 5.41. The number of aromatic nitrogens is 2. The van der Waals surface area contributed by atoms with Gasteiger partial charge in [-0.1, -0.05) is 0 Å². The first-order valence-electron chi connectivity index (χ1n) is 3.96. The third kappa shape index (κ3) is 0.687. The second-order valence-electron chi connectivity index (χ2n) is 3.13. The van der Waals surface area contributed by atoms with E-state index in [1.165, 1.54) is 0 Å². The summed E-state index contributed by atoms with van der Waals surface area (Å²) in [5.41, 5.74) is 12.3. The van der Waals surface area contributed by atoms with E-state index < -0.39 is 0 Å². The van der Waals surface area contributed by atoms with Crippen LogP contribution >= 0.6 is 0 Å². The van der Waals surface area contributed by atoms with Crippen molar-refractivity contribution >= 4 is 5.69 Å². The molecule has 0 saturated heterocycles. The average molecular weight is 168 g/mol. The molecular weight excluding hydrogens is 156 g/mol. The molecule has 2 rings (SSSR count). The minimum atomic E-state index is -0.111. The number of hydrogen-bond donors (Lipinski definition) is 2. The molecule has 0 bridgehead atoms. The molecule has 1 aliphatic rings. The van der Waals surface area contributed by atoms with Gasteiger partial charge < -0.3 is 11.5 Å². The van der Waals surface area contributed by atoms with Crippen LogP contribution in [0, 0.1) is 6.92 Å². The molecule has 66 valence electrons. The van der Waals surface area contributed by atoms with E-state index in [4.69, 9.17) is 11.5 Å². The van der Waals surface area contributed by atoms with E-state index in [-0.39, 0.29) is 11.7 Å². The number of nitrogens with zero attached hydrogens (tertiary/aromatic N) is 2. The van der Waals surface area contributed by atoms with Gasteiger partial charge in [-0.05, 0) is 6.92 Å². The molecule has 0 aromatic carbocycles. The molecule has 5 nitrogen and oxygen atoms in total. The highest BCUT2D eigenvalue weighted by atomic mass is 16.1. The van der Waals surface area contributed by atoms with Gasteiger partial charge in [0, 0.05) is 13.0 Å². The van der Waals surface area contributed by atoms with Crippen LogP contribution in [-0.2, 0) is 6.54 Å². The SMILES string of the molecule is Cc1c(N)c(=O)n2n1C(N)CC2. The van der Waals surface area contributed by atoms with Crippen molar-refractivity contribution in [3.8, 4) is 0 Å². The first-order valence-corrected chi connectivity index (χ1v) is 3.96. The largest absolute Gasteiger partial charge is 0.393 e. The van der Waals surface area contributed by atoms with Crippen molar-refractivity contribution in [3.05, 3.63) is 16.0 Å². The second-order valence-corrected chi connectivity index (χ2v) is 3.13. The lowest BCUT2D eigenvalue weighted by Crippen LogP contribution is -2.21. The molecule has 0 radical (unpaired) electrons. The van der Waals surface area contributed by atoms with Crippen LogP contribution in [0.2, 0.25) is 0 Å². The van der Waals surface area contributed by atoms with Gasteiger partial charge in [0.05, 0.1) is 11.9 Å². The second kappa shape index (κ2) is 2.13. The summed E-state index contributed by atoms with van der Waals surface area (Å²) < 4.78 is 3.38. The lowest BCUT2D eigenvalue weighted by Gasteiger charge is -2.07. The van der Waals surface area contributed by atoms with Gasteiger partial charge in [-0.15, -0.1) is 0 Å². The Morgan fingerprint density at radius 1 is 1.58 bits per heavy atom. The van der Waals surface area contributed by atoms with E-state index in [0.717, 1.165) is 12.1 Å². The van der Waals surface area contributed by atoms with Gasteiger partial charge in [-0.3, -0.25) is 9.48 Å². The van der Waals surface area contributed by atoms with E-state index in [1.807, 2.05) is 6.92 Å². The quantitative estimate of drug-likeness (QED) is 0.543. The zero-order chi connectivity index (χ0) is 8.88. The van der Waals surface area contributed by atoms with E-state index in [0.29, 0.717) is 12.2 Å². The summed E-state index contributed by atoms with van der Waals surface area (Å²) in [7, 11) is 0. The molecule has 1 atom stereocenters. The van der Waals surface area contributed by atoms with Gasteiger partial charge in [0.15, 0.2) is 0 Å². The molecule has 1 aliphatic heterocycles. The predicted molar refractivity (Wildman–Crippen MR) is 45.7 cm³/mol. The lowest BCUT2D eigenvalue weighted by atomic mass is 10.3. The van der Waals surface area contributed by atoms with Crippen LogP contribution in [-0.4, -0.2) is 9.36 Å². The third-order valence-electron chi connectivity index (χ3n) is 2.41. The Morgan fingerprint density at radius 3 is 2.83 bits per heavy atom. The van der Waals surface area contributed by atoms with Gasteiger partial charge in [-0.2, -0.15) is 0 Å². The maximum Gasteiger partial charge on any atom is 0.290 e. The minimum absolute atomic E-state index is 0.0880. The van der Waals surface area contributed by atoms with Crippen molar-refractivity contribution in [3.63, 3.8) is 0 Å². The summed E-state index contributed by atoms with van der Waals surface area (Å²) in [5, 5.41) is 0. The molecule has 0 aliphatic carbocycles. The molecule has 0 fully saturated rings. The van der Waals surface area contributed by atoms with Crippen molar-refractivity contribution < 1.29 is 0 Å². The van der Waals surface area contributed by atoms with Crippen molar-refractivity contribution in [2.75, 3.05) is 5.73 Å². The third-order valence-corrected chi connectivity index (χ3v) is 2.41. The predicted octanol–water partition coefficient (Wildman–Crippen LogP) is -0.599. The molecular formula is C7H12N4O. The Kier molecular flexibility index (Phi) is 1.32. The summed E-state index contributed by atoms with van der Waals surface area (Å²) in [4.78, 5) is 11.4. The number of nitrogens with two attached hydrogens (primary N) is 2. The number of fused-ring (bicyclic) bond motifs is 1. The van der Waals surface area contributed by atoms with Crippen LogP contribution in [0.25, 0.3) is 0 Å². The fourth-order valence-electron chi connectivity index (χ4n) is 1.71. The van der Waals surface area contributed by atoms with E-state index in [1.54, 1.807) is 9.36 Å². The summed E-state index contributed by atoms with van der Waals surface area (Å²) >= 11 is 0. The Balaban J connectivity index is 2.75. The van der Waals surface area contributed by atoms with Crippen molar-refractivity contribution in [1.29, 1.82) is 0 Å². The van der Waals surface area contributed by atoms with Gasteiger partial charge in [-0.25, -0.2) is 4.68 Å². The minimum Gasteiger partial charge on any atom is -0.393 e. The highest BCUT2D eigenvalue weighted by Crippen LogP contribution is 2.19. The maximum absolute atomic E-state index is 11.4. The Morgan fingerprint density at radius 2 is 2.25 bits per heavy atom. The first-order chi connectivity index (χ1) is 5.63. The number of nitrogen functional groups attached to an aromatic ring is 1. The van der Waals surface area contributed by atoms with E-state index in [9.17, 15) is 4.79 Å². The number of anilines is 1. The molecule has 4 N–H and O–H groups in total. The molecule has 1 aromatic rings. The fourth-order valence-corrected chi connectivity index (χ4v) is 1.71. The van der Waals surface area contributed by atoms with Gasteiger partial charge >= 0.3 is 0 Å². The summed E-state index contributed by atoms with van der Waals surface area (Å²) in [5.74, 6) is 0. The smallest absolute Gasteiger partial charge is 0.290 e.